The number of allylic oxidation sites excluding steroid dienone is 1. The molecule has 2 nitrogen and oxygen atoms in total. The molecule has 0 saturated carbocycles. The highest BCUT2D eigenvalue weighted by molar-refractivity contribution is 8.00. The van der Waals surface area contributed by atoms with Gasteiger partial charge in [-0.25, -0.2) is 0 Å². The first-order valence-electron chi connectivity index (χ1n) is 6.85. The summed E-state index contributed by atoms with van der Waals surface area (Å²) in [6.45, 7) is 0. The molecule has 0 spiro atoms. The standard InChI is InChI=1S/C15H14F2O2S/c16-15(17)18-13-5-4-9(8-14(13)19-15)10-6-11-2-1-3-12(7-10)20-11/h4-6,8,11-12H,1-3,7H2. The second-order valence-corrected chi connectivity index (χ2v) is 7.00. The van der Waals surface area contributed by atoms with Crippen molar-refractivity contribution in [2.45, 2.75) is 42.5 Å². The van der Waals surface area contributed by atoms with Gasteiger partial charge in [-0.3, -0.25) is 0 Å². The quantitative estimate of drug-likeness (QED) is 0.763. The summed E-state index contributed by atoms with van der Waals surface area (Å²) in [5.74, 6) is 0.251. The minimum Gasteiger partial charge on any atom is -0.395 e. The molecular formula is C15H14F2O2S. The van der Waals surface area contributed by atoms with E-state index in [2.05, 4.69) is 15.5 Å². The highest BCUT2D eigenvalue weighted by atomic mass is 32.2. The molecule has 0 N–H and O–H groups in total. The number of ether oxygens (including phenoxy) is 2. The molecule has 0 aliphatic carbocycles. The third-order valence-corrected chi connectivity index (χ3v) is 5.50. The summed E-state index contributed by atoms with van der Waals surface area (Å²) in [6, 6.07) is 5.10. The van der Waals surface area contributed by atoms with Crippen molar-refractivity contribution < 1.29 is 18.3 Å². The van der Waals surface area contributed by atoms with Gasteiger partial charge in [0.1, 0.15) is 0 Å². The summed E-state index contributed by atoms with van der Waals surface area (Å²) in [6.07, 6.45) is 3.52. The van der Waals surface area contributed by atoms with Crippen LogP contribution in [0.15, 0.2) is 24.3 Å². The Bertz CT molecular complexity index is 585. The molecule has 1 fully saturated rings. The predicted octanol–water partition coefficient (Wildman–Crippen LogP) is 4.45. The lowest BCUT2D eigenvalue weighted by Crippen LogP contribution is -2.25. The van der Waals surface area contributed by atoms with Crippen molar-refractivity contribution in [1.29, 1.82) is 0 Å². The van der Waals surface area contributed by atoms with E-state index in [9.17, 15) is 8.78 Å². The zero-order valence-corrected chi connectivity index (χ0v) is 11.6. The van der Waals surface area contributed by atoms with Crippen molar-refractivity contribution in [2.24, 2.45) is 0 Å². The topological polar surface area (TPSA) is 18.5 Å². The molecular weight excluding hydrogens is 282 g/mol. The third-order valence-electron chi connectivity index (χ3n) is 3.99. The SMILES string of the molecule is FC1(F)Oc2ccc(C3=CC4CCCC(C3)S4)cc2O1. The molecule has 4 rings (SSSR count). The van der Waals surface area contributed by atoms with E-state index in [1.165, 1.54) is 24.8 Å². The third kappa shape index (κ3) is 2.18. The minimum absolute atomic E-state index is 0.115. The van der Waals surface area contributed by atoms with Gasteiger partial charge in [0.2, 0.25) is 0 Å². The Morgan fingerprint density at radius 2 is 2.00 bits per heavy atom. The van der Waals surface area contributed by atoms with Gasteiger partial charge in [-0.15, -0.1) is 8.78 Å². The van der Waals surface area contributed by atoms with Crippen molar-refractivity contribution in [3.63, 3.8) is 0 Å². The van der Waals surface area contributed by atoms with E-state index in [-0.39, 0.29) is 11.5 Å². The Morgan fingerprint density at radius 1 is 1.15 bits per heavy atom. The summed E-state index contributed by atoms with van der Waals surface area (Å²) < 4.78 is 35.0. The van der Waals surface area contributed by atoms with Crippen molar-refractivity contribution >= 4 is 17.3 Å². The van der Waals surface area contributed by atoms with E-state index in [1.54, 1.807) is 12.1 Å². The number of thioether (sulfide) groups is 1. The van der Waals surface area contributed by atoms with Crippen LogP contribution in [0.5, 0.6) is 11.5 Å². The van der Waals surface area contributed by atoms with Crippen LogP contribution < -0.4 is 9.47 Å². The first-order chi connectivity index (χ1) is 9.59. The number of rotatable bonds is 1. The molecule has 20 heavy (non-hydrogen) atoms. The maximum absolute atomic E-state index is 13.0. The predicted molar refractivity (Wildman–Crippen MR) is 74.3 cm³/mol. The Morgan fingerprint density at radius 3 is 2.85 bits per heavy atom. The number of hydrogen-bond donors (Lipinski definition) is 0. The molecule has 2 atom stereocenters. The van der Waals surface area contributed by atoms with Crippen LogP contribution in [-0.4, -0.2) is 16.8 Å². The lowest BCUT2D eigenvalue weighted by molar-refractivity contribution is -0.286. The maximum atomic E-state index is 13.0. The summed E-state index contributed by atoms with van der Waals surface area (Å²) in [5.41, 5.74) is 2.22. The molecule has 3 aliphatic rings. The summed E-state index contributed by atoms with van der Waals surface area (Å²) in [4.78, 5) is 0. The molecule has 0 radical (unpaired) electrons. The molecule has 0 aromatic heterocycles. The van der Waals surface area contributed by atoms with Crippen molar-refractivity contribution in [1.82, 2.24) is 0 Å². The Kier molecular flexibility index (Phi) is 2.74. The molecule has 0 amide bonds. The lowest BCUT2D eigenvalue weighted by atomic mass is 9.93. The number of halogens is 2. The van der Waals surface area contributed by atoms with E-state index < -0.39 is 6.29 Å². The van der Waals surface area contributed by atoms with Crippen molar-refractivity contribution in [3.05, 3.63) is 29.8 Å². The monoisotopic (exact) mass is 296 g/mol. The number of hydrogen-bond acceptors (Lipinski definition) is 3. The van der Waals surface area contributed by atoms with E-state index >= 15 is 0 Å². The van der Waals surface area contributed by atoms with Gasteiger partial charge in [-0.05, 0) is 42.5 Å². The largest absolute Gasteiger partial charge is 0.586 e. The van der Waals surface area contributed by atoms with Gasteiger partial charge < -0.3 is 9.47 Å². The molecule has 3 aliphatic heterocycles. The van der Waals surface area contributed by atoms with Gasteiger partial charge >= 0.3 is 6.29 Å². The van der Waals surface area contributed by atoms with Crippen LogP contribution >= 0.6 is 11.8 Å². The Hall–Kier alpha value is -1.23. The molecule has 1 aromatic rings. The molecule has 1 saturated heterocycles. The van der Waals surface area contributed by atoms with Crippen LogP contribution in [0.1, 0.15) is 31.2 Å². The summed E-state index contributed by atoms with van der Waals surface area (Å²) in [7, 11) is 0. The minimum atomic E-state index is -3.53. The number of benzene rings is 1. The van der Waals surface area contributed by atoms with Gasteiger partial charge in [0.25, 0.3) is 0 Å². The van der Waals surface area contributed by atoms with Gasteiger partial charge in [-0.2, -0.15) is 11.8 Å². The molecule has 106 valence electrons. The fraction of sp³-hybridized carbons (Fsp3) is 0.467. The van der Waals surface area contributed by atoms with Crippen molar-refractivity contribution in [2.75, 3.05) is 0 Å². The average molecular weight is 296 g/mol. The zero-order chi connectivity index (χ0) is 13.7. The first-order valence-corrected chi connectivity index (χ1v) is 7.80. The second-order valence-electron chi connectivity index (χ2n) is 5.45. The molecule has 1 aromatic carbocycles. The van der Waals surface area contributed by atoms with Gasteiger partial charge in [0.05, 0.1) is 0 Å². The Balaban J connectivity index is 1.66. The summed E-state index contributed by atoms with van der Waals surface area (Å²) >= 11 is 2.04. The van der Waals surface area contributed by atoms with Gasteiger partial charge in [0, 0.05) is 10.5 Å². The van der Waals surface area contributed by atoms with Crippen LogP contribution in [0.25, 0.3) is 5.57 Å². The van der Waals surface area contributed by atoms with Crippen LogP contribution in [-0.2, 0) is 0 Å². The van der Waals surface area contributed by atoms with E-state index in [0.29, 0.717) is 10.5 Å². The Labute approximate surface area is 120 Å². The van der Waals surface area contributed by atoms with E-state index in [4.69, 9.17) is 0 Å². The number of fused-ring (bicyclic) bond motifs is 3. The first kappa shape index (κ1) is 12.5. The van der Waals surface area contributed by atoms with E-state index in [1.807, 2.05) is 17.8 Å². The maximum Gasteiger partial charge on any atom is 0.586 e. The smallest absolute Gasteiger partial charge is 0.395 e. The number of alkyl halides is 2. The molecule has 3 heterocycles. The normalized spacial score (nSPS) is 30.0. The second kappa shape index (κ2) is 4.38. The van der Waals surface area contributed by atoms with Crippen LogP contribution in [0.4, 0.5) is 8.78 Å². The molecule has 2 unspecified atom stereocenters. The lowest BCUT2D eigenvalue weighted by Gasteiger charge is -2.33. The van der Waals surface area contributed by atoms with Crippen LogP contribution in [0.3, 0.4) is 0 Å². The fourth-order valence-corrected chi connectivity index (χ4v) is 4.72. The molecule has 2 bridgehead atoms. The zero-order valence-electron chi connectivity index (χ0n) is 10.8. The van der Waals surface area contributed by atoms with Crippen molar-refractivity contribution in [3.8, 4) is 11.5 Å². The van der Waals surface area contributed by atoms with Crippen LogP contribution in [0.2, 0.25) is 0 Å². The molecule has 5 heteroatoms. The average Bonchev–Trinajstić information content (AvgIpc) is 2.70. The highest BCUT2D eigenvalue weighted by Crippen LogP contribution is 2.46. The van der Waals surface area contributed by atoms with Crippen LogP contribution in [0, 0.1) is 0 Å². The van der Waals surface area contributed by atoms with Gasteiger partial charge in [0.15, 0.2) is 11.5 Å². The highest BCUT2D eigenvalue weighted by Gasteiger charge is 2.43. The van der Waals surface area contributed by atoms with E-state index in [0.717, 1.165) is 12.0 Å². The van der Waals surface area contributed by atoms with Gasteiger partial charge in [-0.1, -0.05) is 18.6 Å². The fourth-order valence-electron chi connectivity index (χ4n) is 3.10. The summed E-state index contributed by atoms with van der Waals surface area (Å²) in [5, 5.41) is 1.24.